The number of para-hydroxylation sites is 2. The first kappa shape index (κ1) is 14.8. The summed E-state index contributed by atoms with van der Waals surface area (Å²) >= 11 is 0. The number of morpholine rings is 1. The third kappa shape index (κ3) is 3.95. The SMILES string of the molecule is COc1ccccc1NC(=O)CN1CCOC(C)(C)C1. The minimum atomic E-state index is -0.192. The van der Waals surface area contributed by atoms with Crippen LogP contribution in [0.1, 0.15) is 13.8 Å². The Labute approximate surface area is 119 Å². The van der Waals surface area contributed by atoms with Gasteiger partial charge in [0.2, 0.25) is 5.91 Å². The zero-order valence-electron chi connectivity index (χ0n) is 12.3. The van der Waals surface area contributed by atoms with Gasteiger partial charge in [-0.1, -0.05) is 12.1 Å². The number of hydrogen-bond acceptors (Lipinski definition) is 4. The second kappa shape index (κ2) is 6.24. The second-order valence-corrected chi connectivity index (χ2v) is 5.57. The van der Waals surface area contributed by atoms with Gasteiger partial charge < -0.3 is 14.8 Å². The third-order valence-electron chi connectivity index (χ3n) is 3.25. The van der Waals surface area contributed by atoms with Crippen molar-refractivity contribution < 1.29 is 14.3 Å². The number of nitrogens with zero attached hydrogens (tertiary/aromatic N) is 1. The van der Waals surface area contributed by atoms with E-state index in [1.54, 1.807) is 7.11 Å². The first-order valence-electron chi connectivity index (χ1n) is 6.79. The molecule has 1 aliphatic heterocycles. The number of methoxy groups -OCH3 is 1. The average Bonchev–Trinajstić information content (AvgIpc) is 2.38. The molecule has 0 spiro atoms. The Morgan fingerprint density at radius 1 is 1.45 bits per heavy atom. The molecule has 0 unspecified atom stereocenters. The smallest absolute Gasteiger partial charge is 0.238 e. The molecule has 5 heteroatoms. The van der Waals surface area contributed by atoms with E-state index in [2.05, 4.69) is 10.2 Å². The van der Waals surface area contributed by atoms with E-state index in [1.807, 2.05) is 38.1 Å². The Hall–Kier alpha value is -1.59. The number of benzene rings is 1. The molecule has 0 atom stereocenters. The van der Waals surface area contributed by atoms with Crippen LogP contribution in [0, 0.1) is 0 Å². The lowest BCUT2D eigenvalue weighted by Gasteiger charge is -2.37. The van der Waals surface area contributed by atoms with Crippen molar-refractivity contribution in [3.8, 4) is 5.75 Å². The van der Waals surface area contributed by atoms with Crippen molar-refractivity contribution in [1.82, 2.24) is 4.90 Å². The highest BCUT2D eigenvalue weighted by molar-refractivity contribution is 5.93. The van der Waals surface area contributed by atoms with Crippen molar-refractivity contribution in [2.75, 3.05) is 38.7 Å². The number of carbonyl (C=O) groups excluding carboxylic acids is 1. The molecule has 1 amide bonds. The maximum atomic E-state index is 12.1. The van der Waals surface area contributed by atoms with Gasteiger partial charge >= 0.3 is 0 Å². The van der Waals surface area contributed by atoms with Crippen LogP contribution in [0.25, 0.3) is 0 Å². The van der Waals surface area contributed by atoms with Crippen LogP contribution in [-0.4, -0.2) is 49.8 Å². The molecule has 0 saturated carbocycles. The summed E-state index contributed by atoms with van der Waals surface area (Å²) < 4.78 is 10.9. The summed E-state index contributed by atoms with van der Waals surface area (Å²) in [6.45, 7) is 6.64. The topological polar surface area (TPSA) is 50.8 Å². The minimum Gasteiger partial charge on any atom is -0.495 e. The molecule has 2 rings (SSSR count). The van der Waals surface area contributed by atoms with Crippen LogP contribution in [0.2, 0.25) is 0 Å². The second-order valence-electron chi connectivity index (χ2n) is 5.57. The monoisotopic (exact) mass is 278 g/mol. The Morgan fingerprint density at radius 3 is 2.90 bits per heavy atom. The summed E-state index contributed by atoms with van der Waals surface area (Å²) in [5.74, 6) is 0.635. The molecule has 0 radical (unpaired) electrons. The summed E-state index contributed by atoms with van der Waals surface area (Å²) in [6.07, 6.45) is 0. The van der Waals surface area contributed by atoms with Gasteiger partial charge in [0.15, 0.2) is 0 Å². The largest absolute Gasteiger partial charge is 0.495 e. The molecule has 5 nitrogen and oxygen atoms in total. The van der Waals surface area contributed by atoms with Crippen LogP contribution < -0.4 is 10.1 Å². The fourth-order valence-corrected chi connectivity index (χ4v) is 2.39. The maximum Gasteiger partial charge on any atom is 0.238 e. The summed E-state index contributed by atoms with van der Waals surface area (Å²) in [6, 6.07) is 7.41. The molecular weight excluding hydrogens is 256 g/mol. The summed E-state index contributed by atoms with van der Waals surface area (Å²) in [5.41, 5.74) is 0.510. The van der Waals surface area contributed by atoms with Crippen molar-refractivity contribution in [3.63, 3.8) is 0 Å². The molecular formula is C15H22N2O3. The lowest BCUT2D eigenvalue weighted by atomic mass is 10.1. The fraction of sp³-hybridized carbons (Fsp3) is 0.533. The Morgan fingerprint density at radius 2 is 2.20 bits per heavy atom. The van der Waals surface area contributed by atoms with Gasteiger partial charge in [-0.15, -0.1) is 0 Å². The lowest BCUT2D eigenvalue weighted by Crippen LogP contribution is -2.50. The number of hydrogen-bond donors (Lipinski definition) is 1. The summed E-state index contributed by atoms with van der Waals surface area (Å²) in [7, 11) is 1.59. The first-order valence-corrected chi connectivity index (χ1v) is 6.79. The minimum absolute atomic E-state index is 0.0350. The molecule has 110 valence electrons. The number of carbonyl (C=O) groups is 1. The van der Waals surface area contributed by atoms with Gasteiger partial charge in [-0.25, -0.2) is 0 Å². The van der Waals surface area contributed by atoms with Crippen molar-refractivity contribution >= 4 is 11.6 Å². The third-order valence-corrected chi connectivity index (χ3v) is 3.25. The predicted molar refractivity (Wildman–Crippen MR) is 78.1 cm³/mol. The number of rotatable bonds is 4. The van der Waals surface area contributed by atoms with Gasteiger partial charge in [0, 0.05) is 13.1 Å². The highest BCUT2D eigenvalue weighted by Gasteiger charge is 2.28. The van der Waals surface area contributed by atoms with Crippen LogP contribution in [0.4, 0.5) is 5.69 Å². The number of amides is 1. The molecule has 1 aromatic carbocycles. The predicted octanol–water partition coefficient (Wildman–Crippen LogP) is 1.74. The van der Waals surface area contributed by atoms with Gasteiger partial charge in [-0.3, -0.25) is 9.69 Å². The van der Waals surface area contributed by atoms with Crippen molar-refractivity contribution in [2.45, 2.75) is 19.4 Å². The average molecular weight is 278 g/mol. The van der Waals surface area contributed by atoms with E-state index in [4.69, 9.17) is 9.47 Å². The highest BCUT2D eigenvalue weighted by Crippen LogP contribution is 2.23. The highest BCUT2D eigenvalue weighted by atomic mass is 16.5. The van der Waals surface area contributed by atoms with E-state index >= 15 is 0 Å². The zero-order valence-corrected chi connectivity index (χ0v) is 12.3. The van der Waals surface area contributed by atoms with Gasteiger partial charge in [-0.05, 0) is 26.0 Å². The molecule has 20 heavy (non-hydrogen) atoms. The lowest BCUT2D eigenvalue weighted by molar-refractivity contribution is -0.122. The summed E-state index contributed by atoms with van der Waals surface area (Å²) in [5, 5.41) is 2.89. The van der Waals surface area contributed by atoms with Crippen molar-refractivity contribution in [1.29, 1.82) is 0 Å². The molecule has 0 bridgehead atoms. The van der Waals surface area contributed by atoms with Gasteiger partial charge in [0.1, 0.15) is 5.75 Å². The van der Waals surface area contributed by atoms with E-state index < -0.39 is 0 Å². The molecule has 1 N–H and O–H groups in total. The van der Waals surface area contributed by atoms with E-state index in [1.165, 1.54) is 0 Å². The van der Waals surface area contributed by atoms with Crippen LogP contribution >= 0.6 is 0 Å². The molecule has 1 aromatic rings. The molecule has 1 heterocycles. The Kier molecular flexibility index (Phi) is 4.62. The van der Waals surface area contributed by atoms with Crippen LogP contribution in [0.5, 0.6) is 5.75 Å². The molecule has 1 saturated heterocycles. The van der Waals surface area contributed by atoms with E-state index in [0.717, 1.165) is 13.1 Å². The number of nitrogens with one attached hydrogen (secondary N) is 1. The van der Waals surface area contributed by atoms with E-state index in [0.29, 0.717) is 24.6 Å². The quantitative estimate of drug-likeness (QED) is 0.911. The van der Waals surface area contributed by atoms with Gasteiger partial charge in [-0.2, -0.15) is 0 Å². The van der Waals surface area contributed by atoms with Crippen LogP contribution in [0.3, 0.4) is 0 Å². The molecule has 1 aliphatic rings. The molecule has 0 aliphatic carbocycles. The molecule has 0 aromatic heterocycles. The van der Waals surface area contributed by atoms with Gasteiger partial charge in [0.05, 0.1) is 31.5 Å². The van der Waals surface area contributed by atoms with Crippen LogP contribution in [0.15, 0.2) is 24.3 Å². The Balaban J connectivity index is 1.92. The molecule has 1 fully saturated rings. The normalized spacial score (nSPS) is 18.6. The Bertz CT molecular complexity index is 474. The fourth-order valence-electron chi connectivity index (χ4n) is 2.39. The standard InChI is InChI=1S/C15H22N2O3/c1-15(2)11-17(8-9-20-15)10-14(18)16-12-6-4-5-7-13(12)19-3/h4-7H,8-11H2,1-3H3,(H,16,18). The number of anilines is 1. The first-order chi connectivity index (χ1) is 9.50. The maximum absolute atomic E-state index is 12.1. The number of ether oxygens (including phenoxy) is 2. The van der Waals surface area contributed by atoms with Crippen LogP contribution in [-0.2, 0) is 9.53 Å². The summed E-state index contributed by atoms with van der Waals surface area (Å²) in [4.78, 5) is 14.2. The van der Waals surface area contributed by atoms with Crippen molar-refractivity contribution in [2.24, 2.45) is 0 Å². The van der Waals surface area contributed by atoms with E-state index in [9.17, 15) is 4.79 Å². The zero-order chi connectivity index (χ0) is 14.6. The van der Waals surface area contributed by atoms with E-state index in [-0.39, 0.29) is 11.5 Å². The van der Waals surface area contributed by atoms with Crippen molar-refractivity contribution in [3.05, 3.63) is 24.3 Å². The van der Waals surface area contributed by atoms with Gasteiger partial charge in [0.25, 0.3) is 0 Å².